The Morgan fingerprint density at radius 3 is 2.25 bits per heavy atom. The number of amides is 2. The predicted octanol–water partition coefficient (Wildman–Crippen LogP) is 3.42. The SMILES string of the molecule is COC(=O)C[C@H]1c2cc(OC)c(OC)cc2CCN1C(=O)Nc1cc(OC)ccc1OC. The standard InChI is InChI=1S/C23H28N2O7/c1-28-15-6-7-19(29-2)17(11-15)24-23(27)25-9-8-14-10-20(30-3)21(31-4)12-16(14)18(25)13-22(26)32-5/h6-7,10-12,18H,8-9,13H2,1-5H3,(H,24,27)/t18-/m0/s1. The lowest BCUT2D eigenvalue weighted by Crippen LogP contribution is -2.43. The van der Waals surface area contributed by atoms with E-state index in [0.29, 0.717) is 41.7 Å². The minimum atomic E-state index is -0.539. The number of nitrogens with zero attached hydrogens (tertiary/aromatic N) is 1. The largest absolute Gasteiger partial charge is 0.497 e. The van der Waals surface area contributed by atoms with Crippen LogP contribution in [0.4, 0.5) is 10.5 Å². The minimum absolute atomic E-state index is 0.00164. The molecule has 0 saturated heterocycles. The fourth-order valence-corrected chi connectivity index (χ4v) is 3.83. The van der Waals surface area contributed by atoms with E-state index in [-0.39, 0.29) is 12.5 Å². The number of hydrogen-bond acceptors (Lipinski definition) is 7. The summed E-state index contributed by atoms with van der Waals surface area (Å²) in [5.74, 6) is 1.77. The average molecular weight is 444 g/mol. The third-order valence-electron chi connectivity index (χ3n) is 5.50. The van der Waals surface area contributed by atoms with Crippen molar-refractivity contribution in [3.8, 4) is 23.0 Å². The van der Waals surface area contributed by atoms with Crippen LogP contribution < -0.4 is 24.3 Å². The van der Waals surface area contributed by atoms with Crippen molar-refractivity contribution in [2.24, 2.45) is 0 Å². The molecule has 1 N–H and O–H groups in total. The first-order valence-corrected chi connectivity index (χ1v) is 10.1. The number of nitrogens with one attached hydrogen (secondary N) is 1. The lowest BCUT2D eigenvalue weighted by atomic mass is 9.90. The van der Waals surface area contributed by atoms with Gasteiger partial charge in [0.2, 0.25) is 0 Å². The number of anilines is 1. The number of benzene rings is 2. The molecule has 0 aliphatic carbocycles. The first-order valence-electron chi connectivity index (χ1n) is 10.1. The average Bonchev–Trinajstić information content (AvgIpc) is 2.82. The molecule has 0 bridgehead atoms. The van der Waals surface area contributed by atoms with Crippen LogP contribution in [0.15, 0.2) is 30.3 Å². The molecule has 0 fully saturated rings. The lowest BCUT2D eigenvalue weighted by Gasteiger charge is -2.37. The van der Waals surface area contributed by atoms with Crippen LogP contribution in [0.2, 0.25) is 0 Å². The van der Waals surface area contributed by atoms with Gasteiger partial charge in [0.05, 0.1) is 53.7 Å². The van der Waals surface area contributed by atoms with Crippen molar-refractivity contribution >= 4 is 17.7 Å². The molecule has 1 atom stereocenters. The van der Waals surface area contributed by atoms with E-state index in [1.807, 2.05) is 12.1 Å². The zero-order valence-electron chi connectivity index (χ0n) is 18.9. The molecule has 0 unspecified atom stereocenters. The van der Waals surface area contributed by atoms with Crippen molar-refractivity contribution in [2.75, 3.05) is 47.4 Å². The molecule has 1 heterocycles. The summed E-state index contributed by atoms with van der Waals surface area (Å²) >= 11 is 0. The highest BCUT2D eigenvalue weighted by atomic mass is 16.5. The summed E-state index contributed by atoms with van der Waals surface area (Å²) < 4.78 is 26.4. The number of carbonyl (C=O) groups is 2. The number of ether oxygens (including phenoxy) is 5. The monoisotopic (exact) mass is 444 g/mol. The van der Waals surface area contributed by atoms with Gasteiger partial charge in [-0.05, 0) is 41.8 Å². The highest BCUT2D eigenvalue weighted by molar-refractivity contribution is 5.92. The molecule has 0 aromatic heterocycles. The van der Waals surface area contributed by atoms with Crippen LogP contribution >= 0.6 is 0 Å². The van der Waals surface area contributed by atoms with Crippen LogP contribution in [0.1, 0.15) is 23.6 Å². The van der Waals surface area contributed by atoms with Crippen LogP contribution in [-0.2, 0) is 16.0 Å². The van der Waals surface area contributed by atoms with Crippen molar-refractivity contribution in [2.45, 2.75) is 18.9 Å². The Labute approximate surface area is 187 Å². The molecule has 32 heavy (non-hydrogen) atoms. The van der Waals surface area contributed by atoms with E-state index in [0.717, 1.165) is 11.1 Å². The van der Waals surface area contributed by atoms with Crippen LogP contribution in [0.5, 0.6) is 23.0 Å². The Morgan fingerprint density at radius 1 is 0.938 bits per heavy atom. The van der Waals surface area contributed by atoms with Crippen molar-refractivity contribution in [3.63, 3.8) is 0 Å². The quantitative estimate of drug-likeness (QED) is 0.654. The van der Waals surface area contributed by atoms with E-state index in [1.165, 1.54) is 14.2 Å². The second-order valence-corrected chi connectivity index (χ2v) is 7.14. The number of rotatable bonds is 7. The van der Waals surface area contributed by atoms with E-state index in [4.69, 9.17) is 23.7 Å². The number of urea groups is 1. The maximum Gasteiger partial charge on any atom is 0.322 e. The minimum Gasteiger partial charge on any atom is -0.497 e. The Balaban J connectivity index is 1.97. The van der Waals surface area contributed by atoms with Crippen LogP contribution in [0.3, 0.4) is 0 Å². The van der Waals surface area contributed by atoms with Gasteiger partial charge in [-0.2, -0.15) is 0 Å². The number of fused-ring (bicyclic) bond motifs is 1. The third-order valence-corrected chi connectivity index (χ3v) is 5.50. The highest BCUT2D eigenvalue weighted by Crippen LogP contribution is 2.40. The fourth-order valence-electron chi connectivity index (χ4n) is 3.83. The number of methoxy groups -OCH3 is 5. The first-order chi connectivity index (χ1) is 15.4. The smallest absolute Gasteiger partial charge is 0.322 e. The van der Waals surface area contributed by atoms with E-state index < -0.39 is 12.0 Å². The molecule has 3 rings (SSSR count). The molecule has 9 nitrogen and oxygen atoms in total. The predicted molar refractivity (Wildman–Crippen MR) is 118 cm³/mol. The van der Waals surface area contributed by atoms with Crippen molar-refractivity contribution in [1.82, 2.24) is 4.90 Å². The van der Waals surface area contributed by atoms with E-state index in [9.17, 15) is 9.59 Å². The Hall–Kier alpha value is -3.62. The van der Waals surface area contributed by atoms with Crippen LogP contribution in [0.25, 0.3) is 0 Å². The van der Waals surface area contributed by atoms with Gasteiger partial charge in [-0.25, -0.2) is 4.79 Å². The number of carbonyl (C=O) groups excluding carboxylic acids is 2. The topological polar surface area (TPSA) is 95.6 Å². The Morgan fingerprint density at radius 2 is 1.62 bits per heavy atom. The maximum atomic E-state index is 13.3. The van der Waals surface area contributed by atoms with E-state index in [1.54, 1.807) is 44.4 Å². The zero-order valence-corrected chi connectivity index (χ0v) is 18.9. The zero-order chi connectivity index (χ0) is 23.3. The fraction of sp³-hybridized carbons (Fsp3) is 0.391. The molecule has 2 amide bonds. The molecule has 1 aliphatic rings. The number of hydrogen-bond donors (Lipinski definition) is 1. The molecule has 2 aromatic carbocycles. The second kappa shape index (κ2) is 10.1. The summed E-state index contributed by atoms with van der Waals surface area (Å²) in [5.41, 5.74) is 2.26. The molecule has 0 radical (unpaired) electrons. The van der Waals surface area contributed by atoms with E-state index in [2.05, 4.69) is 5.32 Å². The Bertz CT molecular complexity index is 993. The molecule has 0 saturated carbocycles. The van der Waals surface area contributed by atoms with Crippen molar-refractivity contribution < 1.29 is 33.3 Å². The highest BCUT2D eigenvalue weighted by Gasteiger charge is 2.34. The molecule has 1 aliphatic heterocycles. The number of esters is 1. The molecule has 9 heteroatoms. The van der Waals surface area contributed by atoms with Gasteiger partial charge in [0, 0.05) is 12.6 Å². The summed E-state index contributed by atoms with van der Waals surface area (Å²) in [6.07, 6.45) is 0.595. The van der Waals surface area contributed by atoms with Crippen LogP contribution in [-0.4, -0.2) is 59.0 Å². The summed E-state index contributed by atoms with van der Waals surface area (Å²) in [6, 6.07) is 7.92. The van der Waals surface area contributed by atoms with E-state index >= 15 is 0 Å². The van der Waals surface area contributed by atoms with Gasteiger partial charge in [0.25, 0.3) is 0 Å². The summed E-state index contributed by atoms with van der Waals surface area (Å²) in [4.78, 5) is 27.1. The van der Waals surface area contributed by atoms with Gasteiger partial charge in [-0.15, -0.1) is 0 Å². The first kappa shape index (κ1) is 23.1. The van der Waals surface area contributed by atoms with Gasteiger partial charge in [0.15, 0.2) is 11.5 Å². The van der Waals surface area contributed by atoms with Crippen LogP contribution in [0, 0.1) is 0 Å². The van der Waals surface area contributed by atoms with Gasteiger partial charge < -0.3 is 33.9 Å². The summed E-state index contributed by atoms with van der Waals surface area (Å²) in [7, 11) is 7.51. The molecular weight excluding hydrogens is 416 g/mol. The van der Waals surface area contributed by atoms with Gasteiger partial charge in [-0.3, -0.25) is 4.79 Å². The van der Waals surface area contributed by atoms with Gasteiger partial charge in [0.1, 0.15) is 11.5 Å². The molecule has 0 spiro atoms. The summed E-state index contributed by atoms with van der Waals surface area (Å²) in [5, 5.41) is 2.88. The summed E-state index contributed by atoms with van der Waals surface area (Å²) in [6.45, 7) is 0.405. The Kier molecular flexibility index (Phi) is 7.29. The van der Waals surface area contributed by atoms with Crippen molar-refractivity contribution in [1.29, 1.82) is 0 Å². The maximum absolute atomic E-state index is 13.3. The molecule has 172 valence electrons. The lowest BCUT2D eigenvalue weighted by molar-refractivity contribution is -0.141. The molecule has 2 aromatic rings. The van der Waals surface area contributed by atoms with Crippen molar-refractivity contribution in [3.05, 3.63) is 41.5 Å². The van der Waals surface area contributed by atoms with Gasteiger partial charge in [-0.1, -0.05) is 0 Å². The second-order valence-electron chi connectivity index (χ2n) is 7.14. The third kappa shape index (κ3) is 4.66. The normalized spacial score (nSPS) is 14.8. The molecular formula is C23H28N2O7. The van der Waals surface area contributed by atoms with Gasteiger partial charge >= 0.3 is 12.0 Å².